The number of thiocarbonyl (C=S) groups is 1. The van der Waals surface area contributed by atoms with E-state index in [1.807, 2.05) is 0 Å². The number of aryl methyl sites for hydroxylation is 1. The summed E-state index contributed by atoms with van der Waals surface area (Å²) < 4.78 is 33.1. The second kappa shape index (κ2) is 10.9. The van der Waals surface area contributed by atoms with Gasteiger partial charge in [0.25, 0.3) is 10.0 Å². The van der Waals surface area contributed by atoms with E-state index in [4.69, 9.17) is 28.6 Å². The summed E-state index contributed by atoms with van der Waals surface area (Å²) in [6.45, 7) is 2.08. The molecule has 0 bridgehead atoms. The number of hydrogen-bond acceptors (Lipinski definition) is 6. The van der Waals surface area contributed by atoms with E-state index in [9.17, 15) is 13.2 Å². The van der Waals surface area contributed by atoms with Gasteiger partial charge in [-0.15, -0.1) is 11.3 Å². The Kier molecular flexibility index (Phi) is 7.95. The maximum Gasteiger partial charge on any atom is 0.341 e. The van der Waals surface area contributed by atoms with Crippen molar-refractivity contribution in [2.45, 2.75) is 37.5 Å². The fraction of sp³-hybridized carbons (Fsp3) is 0.250. The van der Waals surface area contributed by atoms with Crippen LogP contribution in [0.2, 0.25) is 5.02 Å². The number of fused-ring (bicyclic) bond motifs is 1. The highest BCUT2D eigenvalue weighted by molar-refractivity contribution is 7.92. The number of carbonyl (C=O) groups is 1. The molecule has 1 heterocycles. The minimum Gasteiger partial charge on any atom is -0.462 e. The van der Waals surface area contributed by atoms with Crippen LogP contribution in [0, 0.1) is 0 Å². The Balaban J connectivity index is 1.45. The summed E-state index contributed by atoms with van der Waals surface area (Å²) in [5, 5.41) is 7.66. The molecule has 3 N–H and O–H groups in total. The molecule has 7 nitrogen and oxygen atoms in total. The van der Waals surface area contributed by atoms with Crippen molar-refractivity contribution in [2.24, 2.45) is 0 Å². The summed E-state index contributed by atoms with van der Waals surface area (Å²) in [7, 11) is -3.76. The molecule has 0 radical (unpaired) electrons. The van der Waals surface area contributed by atoms with Crippen LogP contribution in [0.1, 0.15) is 40.6 Å². The van der Waals surface area contributed by atoms with Crippen LogP contribution in [-0.2, 0) is 27.6 Å². The van der Waals surface area contributed by atoms with Gasteiger partial charge < -0.3 is 15.4 Å². The summed E-state index contributed by atoms with van der Waals surface area (Å²) >= 11 is 12.8. The highest BCUT2D eigenvalue weighted by Crippen LogP contribution is 2.38. The maximum absolute atomic E-state index is 12.7. The first-order chi connectivity index (χ1) is 16.8. The van der Waals surface area contributed by atoms with Gasteiger partial charge in [0.2, 0.25) is 0 Å². The van der Waals surface area contributed by atoms with Crippen LogP contribution >= 0.6 is 35.2 Å². The molecule has 35 heavy (non-hydrogen) atoms. The minimum absolute atomic E-state index is 0.104. The lowest BCUT2D eigenvalue weighted by Gasteiger charge is -2.13. The average molecular weight is 550 g/mol. The Morgan fingerprint density at radius 2 is 1.69 bits per heavy atom. The van der Waals surface area contributed by atoms with Gasteiger partial charge in [-0.2, -0.15) is 0 Å². The van der Waals surface area contributed by atoms with Crippen LogP contribution in [0.4, 0.5) is 16.4 Å². The SMILES string of the molecule is CCOC(=O)c1c(NC(=S)Nc2ccc(S(=O)(=O)Nc3ccc(Cl)cc3)cc2)sc2c1CCCC2. The molecular formula is C24H24ClN3O4S3. The lowest BCUT2D eigenvalue weighted by Crippen LogP contribution is -2.20. The number of anilines is 3. The van der Waals surface area contributed by atoms with Crippen molar-refractivity contribution in [1.82, 2.24) is 0 Å². The monoisotopic (exact) mass is 549 g/mol. The van der Waals surface area contributed by atoms with Gasteiger partial charge in [0, 0.05) is 21.3 Å². The molecular weight excluding hydrogens is 526 g/mol. The summed E-state index contributed by atoms with van der Waals surface area (Å²) in [5.41, 5.74) is 2.63. The van der Waals surface area contributed by atoms with Crippen molar-refractivity contribution in [3.05, 3.63) is 69.6 Å². The van der Waals surface area contributed by atoms with Gasteiger partial charge in [0.1, 0.15) is 5.00 Å². The van der Waals surface area contributed by atoms with Crippen molar-refractivity contribution in [3.8, 4) is 0 Å². The lowest BCUT2D eigenvalue weighted by molar-refractivity contribution is 0.0526. The Morgan fingerprint density at radius 1 is 1.03 bits per heavy atom. The Morgan fingerprint density at radius 3 is 2.37 bits per heavy atom. The molecule has 1 aromatic heterocycles. The molecule has 1 aliphatic rings. The van der Waals surface area contributed by atoms with Crippen LogP contribution in [0.25, 0.3) is 0 Å². The van der Waals surface area contributed by atoms with E-state index in [0.29, 0.717) is 38.7 Å². The topological polar surface area (TPSA) is 96.5 Å². The first-order valence-electron chi connectivity index (χ1n) is 11.0. The van der Waals surface area contributed by atoms with Gasteiger partial charge in [-0.1, -0.05) is 11.6 Å². The van der Waals surface area contributed by atoms with Gasteiger partial charge in [0.05, 0.1) is 17.1 Å². The second-order valence-electron chi connectivity index (χ2n) is 7.85. The highest BCUT2D eigenvalue weighted by atomic mass is 35.5. The van der Waals surface area contributed by atoms with E-state index < -0.39 is 10.0 Å². The van der Waals surface area contributed by atoms with Crippen molar-refractivity contribution < 1.29 is 17.9 Å². The van der Waals surface area contributed by atoms with Gasteiger partial charge in [-0.25, -0.2) is 13.2 Å². The Labute approximate surface area is 218 Å². The van der Waals surface area contributed by atoms with E-state index >= 15 is 0 Å². The molecule has 0 fully saturated rings. The molecule has 2 aromatic carbocycles. The molecule has 0 saturated heterocycles. The molecule has 0 aliphatic heterocycles. The number of nitrogens with one attached hydrogen (secondary N) is 3. The summed E-state index contributed by atoms with van der Waals surface area (Å²) in [5.74, 6) is -0.347. The molecule has 11 heteroatoms. The molecule has 0 unspecified atom stereocenters. The number of hydrogen-bond donors (Lipinski definition) is 3. The minimum atomic E-state index is -3.76. The number of benzene rings is 2. The predicted octanol–water partition coefficient (Wildman–Crippen LogP) is 6.07. The number of carbonyl (C=O) groups excluding carboxylic acids is 1. The standard InChI is InChI=1S/C24H24ClN3O4S3/c1-2-32-23(29)21-19-5-3-4-6-20(19)34-22(21)27-24(33)26-16-11-13-18(14-12-16)35(30,31)28-17-9-7-15(25)8-10-17/h7-14,28H,2-6H2,1H3,(H2,26,27,33). The van der Waals surface area contributed by atoms with Crippen LogP contribution in [-0.4, -0.2) is 26.1 Å². The molecule has 3 aromatic rings. The molecule has 0 saturated carbocycles. The fourth-order valence-electron chi connectivity index (χ4n) is 3.79. The third kappa shape index (κ3) is 6.13. The van der Waals surface area contributed by atoms with Crippen LogP contribution in [0.3, 0.4) is 0 Å². The average Bonchev–Trinajstić information content (AvgIpc) is 3.18. The van der Waals surface area contributed by atoms with Crippen molar-refractivity contribution in [3.63, 3.8) is 0 Å². The van der Waals surface area contributed by atoms with Crippen molar-refractivity contribution >= 4 is 72.6 Å². The largest absolute Gasteiger partial charge is 0.462 e. The molecule has 4 rings (SSSR count). The van der Waals surface area contributed by atoms with Crippen molar-refractivity contribution in [1.29, 1.82) is 0 Å². The molecule has 1 aliphatic carbocycles. The van der Waals surface area contributed by atoms with E-state index in [1.54, 1.807) is 43.3 Å². The summed E-state index contributed by atoms with van der Waals surface area (Å²) in [6.07, 6.45) is 3.93. The van der Waals surface area contributed by atoms with Crippen LogP contribution < -0.4 is 15.4 Å². The third-order valence-corrected chi connectivity index (χ3v) is 8.46. The fourth-order valence-corrected chi connectivity index (χ4v) is 6.54. The van der Waals surface area contributed by atoms with E-state index in [1.165, 1.54) is 28.3 Å². The maximum atomic E-state index is 12.7. The zero-order chi connectivity index (χ0) is 25.0. The van der Waals surface area contributed by atoms with Crippen molar-refractivity contribution in [2.75, 3.05) is 22.0 Å². The smallest absolute Gasteiger partial charge is 0.341 e. The first-order valence-corrected chi connectivity index (χ1v) is 14.1. The number of thiophene rings is 1. The quantitative estimate of drug-likeness (QED) is 0.243. The van der Waals surface area contributed by atoms with E-state index in [0.717, 1.165) is 31.2 Å². The molecule has 0 amide bonds. The number of halogens is 1. The van der Waals surface area contributed by atoms with Crippen LogP contribution in [0.15, 0.2) is 53.4 Å². The van der Waals surface area contributed by atoms with E-state index in [2.05, 4.69) is 15.4 Å². The van der Waals surface area contributed by atoms with Gasteiger partial charge in [-0.05, 0) is 98.9 Å². The number of esters is 1. The number of sulfonamides is 1. The predicted molar refractivity (Wildman–Crippen MR) is 145 cm³/mol. The summed E-state index contributed by atoms with van der Waals surface area (Å²) in [4.78, 5) is 13.9. The normalized spacial score (nSPS) is 13.0. The Hall–Kier alpha value is -2.66. The van der Waals surface area contributed by atoms with Gasteiger partial charge >= 0.3 is 5.97 Å². The lowest BCUT2D eigenvalue weighted by atomic mass is 9.95. The zero-order valence-corrected chi connectivity index (χ0v) is 22.1. The van der Waals surface area contributed by atoms with Crippen LogP contribution in [0.5, 0.6) is 0 Å². The highest BCUT2D eigenvalue weighted by Gasteiger charge is 2.26. The Bertz CT molecular complexity index is 1340. The first kappa shape index (κ1) is 25.4. The molecule has 184 valence electrons. The summed E-state index contributed by atoms with van der Waals surface area (Å²) in [6, 6.07) is 12.6. The van der Waals surface area contributed by atoms with Gasteiger partial charge in [0.15, 0.2) is 5.11 Å². The van der Waals surface area contributed by atoms with Gasteiger partial charge in [-0.3, -0.25) is 4.72 Å². The van der Waals surface area contributed by atoms with E-state index in [-0.39, 0.29) is 10.9 Å². The second-order valence-corrected chi connectivity index (χ2v) is 11.5. The number of ether oxygens (including phenoxy) is 1. The molecule has 0 spiro atoms. The molecule has 0 atom stereocenters. The zero-order valence-electron chi connectivity index (χ0n) is 18.9. The third-order valence-electron chi connectivity index (χ3n) is 5.40. The number of rotatable bonds is 7.